The smallest absolute Gasteiger partial charge is 0.329 e. The Morgan fingerprint density at radius 2 is 1.95 bits per heavy atom. The molecule has 5 atom stereocenters. The molecule has 3 heterocycles. The number of nitrogens with one attached hydrogen (secondary N) is 1. The number of alkyl halides is 1. The average molecular weight is 546 g/mol. The van der Waals surface area contributed by atoms with Crippen molar-refractivity contribution in [3.05, 3.63) is 53.8 Å². The number of rotatable bonds is 0. The van der Waals surface area contributed by atoms with Gasteiger partial charge in [0.25, 0.3) is 5.91 Å². The van der Waals surface area contributed by atoms with Gasteiger partial charge in [-0.3, -0.25) is 9.59 Å². The number of carbonyl (C=O) groups excluding carboxylic acids is 3. The van der Waals surface area contributed by atoms with Crippen molar-refractivity contribution in [2.75, 3.05) is 13.1 Å². The van der Waals surface area contributed by atoms with E-state index in [1.165, 1.54) is 23.3 Å². The molecule has 10 heteroatoms. The van der Waals surface area contributed by atoms with E-state index < -0.39 is 41.7 Å². The van der Waals surface area contributed by atoms with Crippen molar-refractivity contribution in [2.45, 2.75) is 84.7 Å². The van der Waals surface area contributed by atoms with E-state index in [2.05, 4.69) is 10.3 Å². The van der Waals surface area contributed by atoms with Crippen LogP contribution in [0.1, 0.15) is 70.3 Å². The standard InChI is InChI=1S/C29H40FN3O6/c1-18-8-6-12-31-24(35)11-10-19(2)26(29(3,4)5)39-28(37)23-9-7-13-33(23)27(36)22-17-38-25(32-22)16-20(30)15-21(34)14-18/h6,8,10-11,14,17,19-21,23,26,34H,7,9,12-13,15-16H2,1-5H3,(H,31,35)/b8-6+,11-10+,18-14+. The Morgan fingerprint density at radius 1 is 1.21 bits per heavy atom. The lowest BCUT2D eigenvalue weighted by molar-refractivity contribution is -0.162. The van der Waals surface area contributed by atoms with Gasteiger partial charge in [0.2, 0.25) is 5.91 Å². The van der Waals surface area contributed by atoms with Crippen molar-refractivity contribution in [1.82, 2.24) is 15.2 Å². The summed E-state index contributed by atoms with van der Waals surface area (Å²) in [6.45, 7) is 10.1. The second kappa shape index (κ2) is 13.2. The van der Waals surface area contributed by atoms with Gasteiger partial charge in [-0.1, -0.05) is 57.6 Å². The number of fused-ring (bicyclic) bond motifs is 3. The Labute approximate surface area is 229 Å². The number of oxazole rings is 1. The molecule has 0 saturated carbocycles. The van der Waals surface area contributed by atoms with Crippen LogP contribution < -0.4 is 5.32 Å². The molecule has 2 aliphatic heterocycles. The van der Waals surface area contributed by atoms with Crippen LogP contribution in [0.5, 0.6) is 0 Å². The summed E-state index contributed by atoms with van der Waals surface area (Å²) in [6, 6.07) is -0.783. The number of aliphatic hydroxyl groups is 1. The molecule has 2 aliphatic rings. The van der Waals surface area contributed by atoms with Crippen molar-refractivity contribution in [1.29, 1.82) is 0 Å². The number of hydrogen-bond acceptors (Lipinski definition) is 7. The highest BCUT2D eigenvalue weighted by molar-refractivity contribution is 5.95. The zero-order valence-corrected chi connectivity index (χ0v) is 23.4. The molecule has 0 aliphatic carbocycles. The van der Waals surface area contributed by atoms with Crippen molar-refractivity contribution in [3.8, 4) is 0 Å². The molecular formula is C29H40FN3O6. The molecule has 2 bridgehead atoms. The summed E-state index contributed by atoms with van der Waals surface area (Å²) in [5.74, 6) is -1.54. The van der Waals surface area contributed by atoms with E-state index in [4.69, 9.17) is 9.15 Å². The third-order valence-corrected chi connectivity index (χ3v) is 6.81. The Balaban J connectivity index is 1.88. The van der Waals surface area contributed by atoms with Gasteiger partial charge in [-0.25, -0.2) is 14.2 Å². The van der Waals surface area contributed by atoms with E-state index in [-0.39, 0.29) is 42.8 Å². The third-order valence-electron chi connectivity index (χ3n) is 6.81. The fourth-order valence-electron chi connectivity index (χ4n) is 4.95. The highest BCUT2D eigenvalue weighted by atomic mass is 19.1. The van der Waals surface area contributed by atoms with Crippen LogP contribution in [0.25, 0.3) is 0 Å². The molecule has 2 N–H and O–H groups in total. The number of amides is 2. The molecule has 0 radical (unpaired) electrons. The normalized spacial score (nSPS) is 31.5. The Morgan fingerprint density at radius 3 is 2.67 bits per heavy atom. The van der Waals surface area contributed by atoms with Gasteiger partial charge in [0.05, 0.1) is 12.5 Å². The van der Waals surface area contributed by atoms with Crippen LogP contribution in [-0.4, -0.2) is 70.3 Å². The number of ether oxygens (including phenoxy) is 1. The Bertz CT molecular complexity index is 1120. The van der Waals surface area contributed by atoms with Crippen LogP contribution >= 0.6 is 0 Å². The molecule has 3 rings (SSSR count). The number of aliphatic hydroxyl groups excluding tert-OH is 1. The molecule has 39 heavy (non-hydrogen) atoms. The first-order chi connectivity index (χ1) is 18.3. The van der Waals surface area contributed by atoms with Gasteiger partial charge in [0.15, 0.2) is 11.6 Å². The minimum atomic E-state index is -1.45. The minimum Gasteiger partial charge on any atom is -0.460 e. The van der Waals surface area contributed by atoms with Crippen LogP contribution in [-0.2, 0) is 20.7 Å². The number of hydrogen-bond donors (Lipinski definition) is 2. The largest absolute Gasteiger partial charge is 0.460 e. The molecule has 0 aromatic carbocycles. The zero-order chi connectivity index (χ0) is 28.7. The molecule has 5 unspecified atom stereocenters. The van der Waals surface area contributed by atoms with Crippen LogP contribution in [0.3, 0.4) is 0 Å². The maximum absolute atomic E-state index is 14.6. The summed E-state index contributed by atoms with van der Waals surface area (Å²) in [6.07, 6.45) is 6.95. The zero-order valence-electron chi connectivity index (χ0n) is 23.4. The summed E-state index contributed by atoms with van der Waals surface area (Å²) >= 11 is 0. The fourth-order valence-corrected chi connectivity index (χ4v) is 4.95. The molecule has 0 spiro atoms. The van der Waals surface area contributed by atoms with E-state index in [9.17, 15) is 23.9 Å². The van der Waals surface area contributed by atoms with Crippen LogP contribution in [0.15, 0.2) is 46.6 Å². The van der Waals surface area contributed by atoms with Crippen molar-refractivity contribution < 1.29 is 33.0 Å². The lowest BCUT2D eigenvalue weighted by Crippen LogP contribution is -2.45. The average Bonchev–Trinajstić information content (AvgIpc) is 3.51. The first kappa shape index (κ1) is 30.3. The second-order valence-electron chi connectivity index (χ2n) is 11.4. The summed E-state index contributed by atoms with van der Waals surface area (Å²) < 4.78 is 26.0. The lowest BCUT2D eigenvalue weighted by Gasteiger charge is -2.35. The summed E-state index contributed by atoms with van der Waals surface area (Å²) in [5, 5.41) is 13.0. The molecule has 1 saturated heterocycles. The number of esters is 1. The van der Waals surface area contributed by atoms with E-state index >= 15 is 0 Å². The predicted octanol–water partition coefficient (Wildman–Crippen LogP) is 3.69. The highest BCUT2D eigenvalue weighted by Crippen LogP contribution is 2.31. The molecule has 214 valence electrons. The maximum Gasteiger partial charge on any atom is 0.329 e. The van der Waals surface area contributed by atoms with Crippen LogP contribution in [0.4, 0.5) is 4.39 Å². The summed E-state index contributed by atoms with van der Waals surface area (Å²) in [7, 11) is 0. The van der Waals surface area contributed by atoms with E-state index in [0.717, 1.165) is 0 Å². The summed E-state index contributed by atoms with van der Waals surface area (Å²) in [5.41, 5.74) is 0.272. The highest BCUT2D eigenvalue weighted by Gasteiger charge is 2.40. The van der Waals surface area contributed by atoms with Gasteiger partial charge in [0.1, 0.15) is 24.6 Å². The molecule has 1 aromatic rings. The van der Waals surface area contributed by atoms with E-state index in [1.54, 1.807) is 25.2 Å². The first-order valence-electron chi connectivity index (χ1n) is 13.4. The van der Waals surface area contributed by atoms with Gasteiger partial charge in [0, 0.05) is 25.4 Å². The number of aromatic nitrogens is 1. The molecule has 9 nitrogen and oxygen atoms in total. The first-order valence-corrected chi connectivity index (χ1v) is 13.4. The topological polar surface area (TPSA) is 122 Å². The maximum atomic E-state index is 14.6. The van der Waals surface area contributed by atoms with Gasteiger partial charge < -0.3 is 24.5 Å². The summed E-state index contributed by atoms with van der Waals surface area (Å²) in [4.78, 5) is 44.4. The monoisotopic (exact) mass is 545 g/mol. The van der Waals surface area contributed by atoms with Gasteiger partial charge in [-0.05, 0) is 31.3 Å². The number of allylic oxidation sites excluding steroid dienone is 2. The van der Waals surface area contributed by atoms with Crippen LogP contribution in [0, 0.1) is 11.3 Å². The SMILES string of the molecule is CC1=C\C(O)CC(F)Cc2nc(co2)C(=O)N2CCCC2C(=O)OC(C(C)(C)C)C(C)/C=C/C(=O)NC\C=C\1. The second-order valence-corrected chi connectivity index (χ2v) is 11.4. The van der Waals surface area contributed by atoms with E-state index in [1.807, 2.05) is 27.7 Å². The van der Waals surface area contributed by atoms with E-state index in [0.29, 0.717) is 25.0 Å². The van der Waals surface area contributed by atoms with Gasteiger partial charge in [-0.15, -0.1) is 0 Å². The van der Waals surface area contributed by atoms with Crippen LogP contribution in [0.2, 0.25) is 0 Å². The quantitative estimate of drug-likeness (QED) is 0.477. The lowest BCUT2D eigenvalue weighted by atomic mass is 9.81. The van der Waals surface area contributed by atoms with Crippen molar-refractivity contribution >= 4 is 17.8 Å². The molecule has 1 aromatic heterocycles. The number of carbonyl (C=O) groups is 3. The fraction of sp³-hybridized carbons (Fsp3) is 0.586. The predicted molar refractivity (Wildman–Crippen MR) is 143 cm³/mol. The number of nitrogens with zero attached hydrogens (tertiary/aromatic N) is 2. The molecule has 2 amide bonds. The number of cyclic esters (lactones) is 1. The van der Waals surface area contributed by atoms with Gasteiger partial charge >= 0.3 is 5.97 Å². The van der Waals surface area contributed by atoms with Crippen molar-refractivity contribution in [2.24, 2.45) is 11.3 Å². The van der Waals surface area contributed by atoms with Crippen molar-refractivity contribution in [3.63, 3.8) is 0 Å². The Hall–Kier alpha value is -3.27. The molecular weight excluding hydrogens is 505 g/mol. The third kappa shape index (κ3) is 8.61. The number of halogens is 1. The molecule has 1 fully saturated rings. The Kier molecular flexibility index (Phi) is 10.2. The minimum absolute atomic E-state index is 0.00796. The van der Waals surface area contributed by atoms with Gasteiger partial charge in [-0.2, -0.15) is 0 Å².